The predicted octanol–water partition coefficient (Wildman–Crippen LogP) is 0.403. The van der Waals surface area contributed by atoms with Crippen LogP contribution < -0.4 is 10.6 Å². The summed E-state index contributed by atoms with van der Waals surface area (Å²) in [6.07, 6.45) is 1.01. The summed E-state index contributed by atoms with van der Waals surface area (Å²) in [6.45, 7) is 6.77. The van der Waals surface area contributed by atoms with Crippen LogP contribution in [0.4, 0.5) is 0 Å². The van der Waals surface area contributed by atoms with Crippen molar-refractivity contribution in [3.05, 3.63) is 0 Å². The summed E-state index contributed by atoms with van der Waals surface area (Å²) in [7, 11) is 0. The highest BCUT2D eigenvalue weighted by molar-refractivity contribution is 5.77. The lowest BCUT2D eigenvalue weighted by Crippen LogP contribution is -2.43. The molecular formula is C12H23N3O2. The topological polar surface area (TPSA) is 85.2 Å². The summed E-state index contributed by atoms with van der Waals surface area (Å²) in [5, 5.41) is 23.8. The normalized spacial score (nSPS) is 14.1. The van der Waals surface area contributed by atoms with Crippen LogP contribution in [-0.2, 0) is 4.79 Å². The van der Waals surface area contributed by atoms with Crippen molar-refractivity contribution in [2.24, 2.45) is 5.92 Å². The SMILES string of the molecule is CC(C)CC(C)(O)CNCC(=O)NCCC#N. The van der Waals surface area contributed by atoms with Crippen LogP contribution in [0.2, 0.25) is 0 Å². The van der Waals surface area contributed by atoms with Gasteiger partial charge in [0.1, 0.15) is 0 Å². The molecule has 0 rings (SSSR count). The van der Waals surface area contributed by atoms with Gasteiger partial charge in [0.15, 0.2) is 0 Å². The number of rotatable bonds is 8. The number of hydrogen-bond acceptors (Lipinski definition) is 4. The van der Waals surface area contributed by atoms with Gasteiger partial charge in [-0.1, -0.05) is 13.8 Å². The zero-order valence-electron chi connectivity index (χ0n) is 10.9. The monoisotopic (exact) mass is 241 g/mol. The first kappa shape index (κ1) is 15.9. The molecular weight excluding hydrogens is 218 g/mol. The molecule has 1 atom stereocenters. The van der Waals surface area contributed by atoms with Crippen LogP contribution in [0.25, 0.3) is 0 Å². The summed E-state index contributed by atoms with van der Waals surface area (Å²) < 4.78 is 0. The molecule has 0 heterocycles. The van der Waals surface area contributed by atoms with Crippen LogP contribution in [0.3, 0.4) is 0 Å². The van der Waals surface area contributed by atoms with Crippen molar-refractivity contribution in [1.82, 2.24) is 10.6 Å². The smallest absolute Gasteiger partial charge is 0.233 e. The summed E-state index contributed by atoms with van der Waals surface area (Å²) in [5.41, 5.74) is -0.791. The minimum absolute atomic E-state index is 0.152. The zero-order chi connectivity index (χ0) is 13.3. The van der Waals surface area contributed by atoms with Crippen LogP contribution >= 0.6 is 0 Å². The van der Waals surface area contributed by atoms with Crippen molar-refractivity contribution in [3.63, 3.8) is 0 Å². The third kappa shape index (κ3) is 9.79. The van der Waals surface area contributed by atoms with E-state index in [-0.39, 0.29) is 12.5 Å². The standard InChI is InChI=1S/C12H23N3O2/c1-10(2)7-12(3,17)9-14-8-11(16)15-6-4-5-13/h10,14,17H,4,6-9H2,1-3H3,(H,15,16). The minimum atomic E-state index is -0.791. The summed E-state index contributed by atoms with van der Waals surface area (Å²) in [4.78, 5) is 11.3. The number of carbonyl (C=O) groups excluding carboxylic acids is 1. The van der Waals surface area contributed by atoms with E-state index in [1.165, 1.54) is 0 Å². The number of aliphatic hydroxyl groups is 1. The van der Waals surface area contributed by atoms with E-state index in [9.17, 15) is 9.90 Å². The van der Waals surface area contributed by atoms with E-state index in [1.807, 2.05) is 19.9 Å². The fourth-order valence-electron chi connectivity index (χ4n) is 1.72. The first-order valence-electron chi connectivity index (χ1n) is 5.94. The Kier molecular flexibility index (Phi) is 7.51. The predicted molar refractivity (Wildman–Crippen MR) is 66.2 cm³/mol. The summed E-state index contributed by atoms with van der Waals surface area (Å²) in [6, 6.07) is 1.95. The first-order chi connectivity index (χ1) is 7.87. The molecule has 0 aliphatic carbocycles. The fraction of sp³-hybridized carbons (Fsp3) is 0.833. The van der Waals surface area contributed by atoms with Gasteiger partial charge in [-0.05, 0) is 19.3 Å². The average molecular weight is 241 g/mol. The highest BCUT2D eigenvalue weighted by atomic mass is 16.3. The van der Waals surface area contributed by atoms with Gasteiger partial charge in [0, 0.05) is 13.1 Å². The Balaban J connectivity index is 3.68. The zero-order valence-corrected chi connectivity index (χ0v) is 10.9. The molecule has 98 valence electrons. The van der Waals surface area contributed by atoms with Crippen LogP contribution in [0, 0.1) is 17.2 Å². The maximum Gasteiger partial charge on any atom is 0.233 e. The molecule has 0 fully saturated rings. The highest BCUT2D eigenvalue weighted by Crippen LogP contribution is 2.14. The quantitative estimate of drug-likeness (QED) is 0.537. The van der Waals surface area contributed by atoms with Gasteiger partial charge in [-0.25, -0.2) is 0 Å². The molecule has 0 aliphatic rings. The Labute approximate surface area is 103 Å². The molecule has 0 aliphatic heterocycles. The maximum atomic E-state index is 11.3. The molecule has 5 heteroatoms. The van der Waals surface area contributed by atoms with Crippen LogP contribution in [-0.4, -0.2) is 36.2 Å². The minimum Gasteiger partial charge on any atom is -0.389 e. The van der Waals surface area contributed by atoms with Crippen molar-refractivity contribution >= 4 is 5.91 Å². The first-order valence-corrected chi connectivity index (χ1v) is 5.94. The molecule has 0 aromatic heterocycles. The molecule has 1 amide bonds. The van der Waals surface area contributed by atoms with E-state index >= 15 is 0 Å². The Hall–Kier alpha value is -1.12. The van der Waals surface area contributed by atoms with Crippen molar-refractivity contribution in [3.8, 4) is 6.07 Å². The second kappa shape index (κ2) is 8.04. The molecule has 0 saturated heterocycles. The largest absolute Gasteiger partial charge is 0.389 e. The second-order valence-electron chi connectivity index (χ2n) is 4.96. The molecule has 0 saturated carbocycles. The second-order valence-corrected chi connectivity index (χ2v) is 4.96. The third-order valence-electron chi connectivity index (χ3n) is 2.20. The van der Waals surface area contributed by atoms with E-state index in [1.54, 1.807) is 6.92 Å². The number of carbonyl (C=O) groups is 1. The lowest BCUT2D eigenvalue weighted by Gasteiger charge is -2.25. The molecule has 0 bridgehead atoms. The van der Waals surface area contributed by atoms with E-state index in [4.69, 9.17) is 5.26 Å². The van der Waals surface area contributed by atoms with E-state index < -0.39 is 5.60 Å². The molecule has 0 radical (unpaired) electrons. The van der Waals surface area contributed by atoms with Gasteiger partial charge >= 0.3 is 0 Å². The van der Waals surface area contributed by atoms with Gasteiger partial charge < -0.3 is 15.7 Å². The van der Waals surface area contributed by atoms with Crippen molar-refractivity contribution < 1.29 is 9.90 Å². The highest BCUT2D eigenvalue weighted by Gasteiger charge is 2.21. The molecule has 0 spiro atoms. The maximum absolute atomic E-state index is 11.3. The summed E-state index contributed by atoms with van der Waals surface area (Å²) >= 11 is 0. The molecule has 0 aromatic rings. The van der Waals surface area contributed by atoms with Crippen LogP contribution in [0.15, 0.2) is 0 Å². The number of nitrogens with zero attached hydrogens (tertiary/aromatic N) is 1. The van der Waals surface area contributed by atoms with E-state index in [0.717, 1.165) is 0 Å². The molecule has 0 aromatic carbocycles. The number of nitrogens with one attached hydrogen (secondary N) is 2. The fourth-order valence-corrected chi connectivity index (χ4v) is 1.72. The van der Waals surface area contributed by atoms with Gasteiger partial charge in [-0.15, -0.1) is 0 Å². The van der Waals surface area contributed by atoms with Gasteiger partial charge in [-0.3, -0.25) is 4.79 Å². The van der Waals surface area contributed by atoms with E-state index in [2.05, 4.69) is 10.6 Å². The van der Waals surface area contributed by atoms with Gasteiger partial charge in [0.2, 0.25) is 5.91 Å². The van der Waals surface area contributed by atoms with E-state index in [0.29, 0.717) is 31.8 Å². The third-order valence-corrected chi connectivity index (χ3v) is 2.20. The lowest BCUT2D eigenvalue weighted by atomic mass is 9.94. The molecule has 3 N–H and O–H groups in total. The Bertz CT molecular complexity index is 269. The molecule has 5 nitrogen and oxygen atoms in total. The number of nitriles is 1. The molecule has 17 heavy (non-hydrogen) atoms. The van der Waals surface area contributed by atoms with Crippen molar-refractivity contribution in [2.45, 2.75) is 39.2 Å². The summed E-state index contributed by atoms with van der Waals surface area (Å²) in [5.74, 6) is 0.261. The van der Waals surface area contributed by atoms with Gasteiger partial charge in [-0.2, -0.15) is 5.26 Å². The van der Waals surface area contributed by atoms with Gasteiger partial charge in [0.05, 0.1) is 24.6 Å². The van der Waals surface area contributed by atoms with Gasteiger partial charge in [0.25, 0.3) is 0 Å². The Morgan fingerprint density at radius 1 is 1.53 bits per heavy atom. The number of amides is 1. The van der Waals surface area contributed by atoms with Crippen molar-refractivity contribution in [1.29, 1.82) is 5.26 Å². The Morgan fingerprint density at radius 2 is 2.18 bits per heavy atom. The van der Waals surface area contributed by atoms with Crippen LogP contribution in [0.5, 0.6) is 0 Å². The lowest BCUT2D eigenvalue weighted by molar-refractivity contribution is -0.120. The molecule has 1 unspecified atom stereocenters. The van der Waals surface area contributed by atoms with Crippen LogP contribution in [0.1, 0.15) is 33.6 Å². The van der Waals surface area contributed by atoms with Crippen molar-refractivity contribution in [2.75, 3.05) is 19.6 Å². The Morgan fingerprint density at radius 3 is 2.71 bits per heavy atom. The number of hydrogen-bond donors (Lipinski definition) is 3. The average Bonchev–Trinajstić information content (AvgIpc) is 2.15.